The second-order valence-electron chi connectivity index (χ2n) is 5.93. The van der Waals surface area contributed by atoms with Gasteiger partial charge in [0.15, 0.2) is 0 Å². The van der Waals surface area contributed by atoms with Crippen LogP contribution in [0.1, 0.15) is 57.2 Å². The Balaban J connectivity index is 0.000000861. The molecule has 0 nitrogen and oxygen atoms in total. The molecule has 0 aromatic heterocycles. The highest BCUT2D eigenvalue weighted by Gasteiger charge is 2.17. The van der Waals surface area contributed by atoms with Gasteiger partial charge in [-0.15, -0.1) is 0 Å². The zero-order chi connectivity index (χ0) is 14.5. The smallest absolute Gasteiger partial charge is 0.0185 e. The molecule has 1 aromatic carbocycles. The van der Waals surface area contributed by atoms with Gasteiger partial charge >= 0.3 is 0 Å². The van der Waals surface area contributed by atoms with E-state index in [4.69, 9.17) is 0 Å². The lowest BCUT2D eigenvalue weighted by atomic mass is 9.86. The normalized spacial score (nSPS) is 17.1. The van der Waals surface area contributed by atoms with Gasteiger partial charge in [-0.25, -0.2) is 0 Å². The molecule has 0 heteroatoms. The first kappa shape index (κ1) is 15.8. The number of hydrogen-bond donors (Lipinski definition) is 0. The van der Waals surface area contributed by atoms with Crippen LogP contribution in [0.2, 0.25) is 0 Å². The van der Waals surface area contributed by atoms with Gasteiger partial charge < -0.3 is 0 Å². The molecule has 0 N–H and O–H groups in total. The van der Waals surface area contributed by atoms with Crippen LogP contribution in [0.5, 0.6) is 0 Å². The van der Waals surface area contributed by atoms with Crippen LogP contribution in [0.4, 0.5) is 0 Å². The molecule has 104 valence electrons. The first-order chi connectivity index (χ1) is 8.98. The van der Waals surface area contributed by atoms with Gasteiger partial charge in [0.05, 0.1) is 0 Å². The summed E-state index contributed by atoms with van der Waals surface area (Å²) in [4.78, 5) is 0. The van der Waals surface area contributed by atoms with Crippen molar-refractivity contribution in [1.82, 2.24) is 0 Å². The van der Waals surface area contributed by atoms with Crippen molar-refractivity contribution < 1.29 is 0 Å². The number of hydrogen-bond acceptors (Lipinski definition) is 0. The predicted molar refractivity (Wildman–Crippen MR) is 87.4 cm³/mol. The largest absolute Gasteiger partial charge is 0.0834 e. The maximum Gasteiger partial charge on any atom is -0.0185 e. The lowest BCUT2D eigenvalue weighted by Gasteiger charge is -2.19. The zero-order valence-electron chi connectivity index (χ0n) is 13.4. The standard InChI is InChI=1S/C17H22.C2H6/c1-13-7-8-16(12-14(13)2)15-6-5-10-17(3,4)11-9-15;1-2/h5-9,12H,10-11H2,1-4H3;1-2H3. The van der Waals surface area contributed by atoms with Crippen molar-refractivity contribution in [3.8, 4) is 0 Å². The molecule has 2 rings (SSSR count). The summed E-state index contributed by atoms with van der Waals surface area (Å²) in [6.07, 6.45) is 9.29. The van der Waals surface area contributed by atoms with Gasteiger partial charge in [-0.05, 0) is 54.4 Å². The molecule has 0 spiro atoms. The maximum atomic E-state index is 2.38. The van der Waals surface area contributed by atoms with E-state index < -0.39 is 0 Å². The Kier molecular flexibility index (Phi) is 5.60. The van der Waals surface area contributed by atoms with Crippen molar-refractivity contribution in [2.24, 2.45) is 5.41 Å². The Labute approximate surface area is 119 Å². The van der Waals surface area contributed by atoms with Crippen molar-refractivity contribution >= 4 is 5.57 Å². The highest BCUT2D eigenvalue weighted by molar-refractivity contribution is 5.74. The second kappa shape index (κ2) is 6.75. The van der Waals surface area contributed by atoms with Gasteiger partial charge in [-0.3, -0.25) is 0 Å². The quantitative estimate of drug-likeness (QED) is 0.570. The Bertz CT molecular complexity index is 473. The number of benzene rings is 1. The van der Waals surface area contributed by atoms with E-state index in [-0.39, 0.29) is 0 Å². The van der Waals surface area contributed by atoms with Crippen LogP contribution in [0.25, 0.3) is 5.57 Å². The van der Waals surface area contributed by atoms with Crippen LogP contribution in [0, 0.1) is 19.3 Å². The average Bonchev–Trinajstić information content (AvgIpc) is 2.56. The van der Waals surface area contributed by atoms with Crippen molar-refractivity contribution in [3.05, 3.63) is 53.1 Å². The van der Waals surface area contributed by atoms with Crippen molar-refractivity contribution in [2.75, 3.05) is 0 Å². The average molecular weight is 256 g/mol. The monoisotopic (exact) mass is 256 g/mol. The minimum atomic E-state index is 0.401. The topological polar surface area (TPSA) is 0 Å². The fraction of sp³-hybridized carbons (Fsp3) is 0.474. The number of rotatable bonds is 1. The zero-order valence-corrected chi connectivity index (χ0v) is 13.4. The molecule has 0 unspecified atom stereocenters. The van der Waals surface area contributed by atoms with E-state index >= 15 is 0 Å². The van der Waals surface area contributed by atoms with Crippen molar-refractivity contribution in [3.63, 3.8) is 0 Å². The fourth-order valence-electron chi connectivity index (χ4n) is 2.18. The van der Waals surface area contributed by atoms with Gasteiger partial charge in [0, 0.05) is 0 Å². The van der Waals surface area contributed by atoms with Gasteiger partial charge in [-0.2, -0.15) is 0 Å². The number of aryl methyl sites for hydroxylation is 2. The summed E-state index contributed by atoms with van der Waals surface area (Å²) < 4.78 is 0. The lowest BCUT2D eigenvalue weighted by molar-refractivity contribution is 0.379. The van der Waals surface area contributed by atoms with Gasteiger partial charge in [-0.1, -0.05) is 64.1 Å². The molecule has 1 aliphatic rings. The third kappa shape index (κ3) is 4.38. The van der Waals surface area contributed by atoms with Crippen LogP contribution in [0.3, 0.4) is 0 Å². The molecule has 0 aliphatic heterocycles. The summed E-state index contributed by atoms with van der Waals surface area (Å²) in [6, 6.07) is 6.75. The Hall–Kier alpha value is -1.30. The molecule has 19 heavy (non-hydrogen) atoms. The molecular weight excluding hydrogens is 228 g/mol. The van der Waals surface area contributed by atoms with Gasteiger partial charge in [0.25, 0.3) is 0 Å². The molecule has 0 atom stereocenters. The first-order valence-electron chi connectivity index (χ1n) is 7.42. The van der Waals surface area contributed by atoms with Crippen molar-refractivity contribution in [2.45, 2.75) is 54.4 Å². The molecule has 0 bridgehead atoms. The molecule has 0 saturated carbocycles. The van der Waals surface area contributed by atoms with Crippen LogP contribution in [-0.4, -0.2) is 0 Å². The molecule has 0 fully saturated rings. The molecule has 1 aliphatic carbocycles. The summed E-state index contributed by atoms with van der Waals surface area (Å²) in [5, 5.41) is 0. The van der Waals surface area contributed by atoms with Crippen molar-refractivity contribution in [1.29, 1.82) is 0 Å². The van der Waals surface area contributed by atoms with E-state index in [1.165, 1.54) is 22.3 Å². The van der Waals surface area contributed by atoms with E-state index in [2.05, 4.69) is 64.1 Å². The van der Waals surface area contributed by atoms with E-state index in [0.717, 1.165) is 12.8 Å². The summed E-state index contributed by atoms with van der Waals surface area (Å²) >= 11 is 0. The number of allylic oxidation sites excluding steroid dienone is 4. The summed E-state index contributed by atoms with van der Waals surface area (Å²) in [6.45, 7) is 13.0. The molecule has 0 amide bonds. The van der Waals surface area contributed by atoms with E-state index in [9.17, 15) is 0 Å². The van der Waals surface area contributed by atoms with Crippen LogP contribution < -0.4 is 0 Å². The molecule has 0 heterocycles. The van der Waals surface area contributed by atoms with E-state index in [1.807, 2.05) is 13.8 Å². The molecule has 0 radical (unpaired) electrons. The minimum Gasteiger partial charge on any atom is -0.0834 e. The Morgan fingerprint density at radius 2 is 1.63 bits per heavy atom. The Morgan fingerprint density at radius 3 is 2.26 bits per heavy atom. The fourth-order valence-corrected chi connectivity index (χ4v) is 2.18. The predicted octanol–water partition coefficient (Wildman–Crippen LogP) is 6.09. The molecule has 0 saturated heterocycles. The molecule has 1 aromatic rings. The van der Waals surface area contributed by atoms with Crippen LogP contribution in [0.15, 0.2) is 36.4 Å². The van der Waals surface area contributed by atoms with Crippen LogP contribution in [-0.2, 0) is 0 Å². The highest BCUT2D eigenvalue weighted by Crippen LogP contribution is 2.32. The maximum absolute atomic E-state index is 2.38. The first-order valence-corrected chi connectivity index (χ1v) is 7.42. The highest BCUT2D eigenvalue weighted by atomic mass is 14.2. The summed E-state index contributed by atoms with van der Waals surface area (Å²) in [7, 11) is 0. The van der Waals surface area contributed by atoms with Gasteiger partial charge in [0.1, 0.15) is 0 Å². The third-order valence-electron chi connectivity index (χ3n) is 3.68. The Morgan fingerprint density at radius 1 is 0.947 bits per heavy atom. The molecular formula is C19H28. The van der Waals surface area contributed by atoms with Gasteiger partial charge in [0.2, 0.25) is 0 Å². The second-order valence-corrected chi connectivity index (χ2v) is 5.93. The minimum absolute atomic E-state index is 0.401. The van der Waals surface area contributed by atoms with Crippen LogP contribution >= 0.6 is 0 Å². The van der Waals surface area contributed by atoms with E-state index in [0.29, 0.717) is 5.41 Å². The SMILES string of the molecule is CC.Cc1ccc(C2=CCC(C)(C)CC=C2)cc1C. The summed E-state index contributed by atoms with van der Waals surface area (Å²) in [5.41, 5.74) is 5.87. The summed E-state index contributed by atoms with van der Waals surface area (Å²) in [5.74, 6) is 0. The lowest BCUT2D eigenvalue weighted by Crippen LogP contribution is -2.07. The third-order valence-corrected chi connectivity index (χ3v) is 3.68. The van der Waals surface area contributed by atoms with E-state index in [1.54, 1.807) is 0 Å².